The molecular formula is C22H25N3O4. The number of carbonyl (C=O) groups is 3. The standard InChI is InChI=1S/C22H25N3O4/c1-2-29-22(28)16-11-6-7-12-17(16)25-21(27)19-14-8-13-18(24-19)20(26)23-15-9-4-3-5-10-15/h6-8,11-15H,2-5,9-10H2,1H3,(H,23,26)(H,25,27). The number of carbonyl (C=O) groups excluding carboxylic acids is 3. The van der Waals surface area contributed by atoms with Crippen LogP contribution in [0.2, 0.25) is 0 Å². The molecule has 0 radical (unpaired) electrons. The molecule has 0 spiro atoms. The molecule has 1 aliphatic carbocycles. The van der Waals surface area contributed by atoms with Crippen molar-refractivity contribution in [3.05, 3.63) is 59.4 Å². The highest BCUT2D eigenvalue weighted by atomic mass is 16.5. The van der Waals surface area contributed by atoms with E-state index in [1.807, 2.05) is 0 Å². The van der Waals surface area contributed by atoms with Crippen LogP contribution in [0.5, 0.6) is 0 Å². The first-order valence-electron chi connectivity index (χ1n) is 9.94. The van der Waals surface area contributed by atoms with Crippen molar-refractivity contribution in [3.8, 4) is 0 Å². The molecule has 0 unspecified atom stereocenters. The zero-order chi connectivity index (χ0) is 20.6. The Kier molecular flexibility index (Phi) is 6.94. The van der Waals surface area contributed by atoms with Crippen molar-refractivity contribution in [2.75, 3.05) is 11.9 Å². The zero-order valence-corrected chi connectivity index (χ0v) is 16.4. The molecule has 2 aromatic rings. The van der Waals surface area contributed by atoms with Crippen LogP contribution >= 0.6 is 0 Å². The molecule has 3 rings (SSSR count). The maximum Gasteiger partial charge on any atom is 0.340 e. The van der Waals surface area contributed by atoms with Crippen LogP contribution in [-0.4, -0.2) is 35.4 Å². The number of rotatable bonds is 6. The van der Waals surface area contributed by atoms with Crippen molar-refractivity contribution in [2.45, 2.75) is 45.1 Å². The van der Waals surface area contributed by atoms with Gasteiger partial charge in [0.2, 0.25) is 0 Å². The highest BCUT2D eigenvalue weighted by Gasteiger charge is 2.19. The van der Waals surface area contributed by atoms with E-state index < -0.39 is 11.9 Å². The van der Waals surface area contributed by atoms with Crippen molar-refractivity contribution < 1.29 is 19.1 Å². The van der Waals surface area contributed by atoms with Gasteiger partial charge < -0.3 is 15.4 Å². The summed E-state index contributed by atoms with van der Waals surface area (Å²) in [6, 6.07) is 11.5. The minimum atomic E-state index is -0.517. The van der Waals surface area contributed by atoms with Crippen LogP contribution in [0.15, 0.2) is 42.5 Å². The number of benzene rings is 1. The molecule has 2 amide bonds. The second kappa shape index (κ2) is 9.82. The van der Waals surface area contributed by atoms with Crippen LogP contribution in [-0.2, 0) is 4.74 Å². The summed E-state index contributed by atoms with van der Waals surface area (Å²) in [5, 5.41) is 5.67. The normalized spacial score (nSPS) is 14.1. The number of nitrogens with zero attached hydrogens (tertiary/aromatic N) is 1. The van der Waals surface area contributed by atoms with E-state index in [9.17, 15) is 14.4 Å². The number of nitrogens with one attached hydrogen (secondary N) is 2. The predicted octanol–water partition coefficient (Wildman–Crippen LogP) is 3.57. The summed E-state index contributed by atoms with van der Waals surface area (Å²) in [5.74, 6) is -1.30. The Labute approximate surface area is 169 Å². The number of anilines is 1. The molecule has 1 fully saturated rings. The third-order valence-electron chi connectivity index (χ3n) is 4.83. The zero-order valence-electron chi connectivity index (χ0n) is 16.4. The fourth-order valence-corrected chi connectivity index (χ4v) is 3.36. The molecule has 1 aromatic heterocycles. The molecule has 0 bridgehead atoms. The van der Waals surface area contributed by atoms with Crippen LogP contribution < -0.4 is 10.6 Å². The molecule has 1 saturated carbocycles. The SMILES string of the molecule is CCOC(=O)c1ccccc1NC(=O)c1cccc(C(=O)NC2CCCCC2)n1. The fraction of sp³-hybridized carbons (Fsp3) is 0.364. The predicted molar refractivity (Wildman–Crippen MR) is 109 cm³/mol. The molecule has 7 nitrogen and oxygen atoms in total. The summed E-state index contributed by atoms with van der Waals surface area (Å²) >= 11 is 0. The average Bonchev–Trinajstić information content (AvgIpc) is 2.75. The van der Waals surface area contributed by atoms with Gasteiger partial charge in [-0.3, -0.25) is 9.59 Å². The maximum absolute atomic E-state index is 12.7. The van der Waals surface area contributed by atoms with E-state index >= 15 is 0 Å². The van der Waals surface area contributed by atoms with Gasteiger partial charge in [0.15, 0.2) is 0 Å². The van der Waals surface area contributed by atoms with E-state index in [0.717, 1.165) is 25.7 Å². The molecule has 1 heterocycles. The fourth-order valence-electron chi connectivity index (χ4n) is 3.36. The monoisotopic (exact) mass is 395 g/mol. The molecule has 2 N–H and O–H groups in total. The summed E-state index contributed by atoms with van der Waals surface area (Å²) in [7, 11) is 0. The topological polar surface area (TPSA) is 97.4 Å². The molecule has 1 aliphatic rings. The molecule has 0 aliphatic heterocycles. The van der Waals surface area contributed by atoms with E-state index in [0.29, 0.717) is 5.69 Å². The lowest BCUT2D eigenvalue weighted by Crippen LogP contribution is -2.36. The van der Waals surface area contributed by atoms with E-state index in [1.54, 1.807) is 43.3 Å². The highest BCUT2D eigenvalue weighted by Crippen LogP contribution is 2.19. The van der Waals surface area contributed by atoms with Crippen LogP contribution in [0.3, 0.4) is 0 Å². The van der Waals surface area contributed by atoms with Gasteiger partial charge in [-0.05, 0) is 44.0 Å². The molecule has 0 atom stereocenters. The minimum Gasteiger partial charge on any atom is -0.462 e. The number of hydrogen-bond acceptors (Lipinski definition) is 5. The van der Waals surface area contributed by atoms with E-state index in [2.05, 4.69) is 15.6 Å². The Hall–Kier alpha value is -3.22. The quantitative estimate of drug-likeness (QED) is 0.729. The van der Waals surface area contributed by atoms with Gasteiger partial charge >= 0.3 is 5.97 Å². The first-order chi connectivity index (χ1) is 14.1. The van der Waals surface area contributed by atoms with Gasteiger partial charge in [-0.15, -0.1) is 0 Å². The lowest BCUT2D eigenvalue weighted by Gasteiger charge is -2.22. The lowest BCUT2D eigenvalue weighted by molar-refractivity contribution is 0.0527. The van der Waals surface area contributed by atoms with Gasteiger partial charge in [-0.2, -0.15) is 0 Å². The van der Waals surface area contributed by atoms with Crippen LogP contribution in [0.1, 0.15) is 70.4 Å². The van der Waals surface area contributed by atoms with Gasteiger partial charge in [-0.25, -0.2) is 9.78 Å². The number of aromatic nitrogens is 1. The van der Waals surface area contributed by atoms with E-state index in [4.69, 9.17) is 4.74 Å². The van der Waals surface area contributed by atoms with Gasteiger partial charge in [0.1, 0.15) is 11.4 Å². The number of hydrogen-bond donors (Lipinski definition) is 2. The Balaban J connectivity index is 1.71. The van der Waals surface area contributed by atoms with Crippen LogP contribution in [0.4, 0.5) is 5.69 Å². The number of amides is 2. The molecule has 1 aromatic carbocycles. The number of pyridine rings is 1. The van der Waals surface area contributed by atoms with E-state index in [-0.39, 0.29) is 35.5 Å². The third kappa shape index (κ3) is 5.40. The van der Waals surface area contributed by atoms with Gasteiger partial charge in [-0.1, -0.05) is 37.5 Å². The van der Waals surface area contributed by atoms with Crippen molar-refractivity contribution in [1.29, 1.82) is 0 Å². The second-order valence-electron chi connectivity index (χ2n) is 6.94. The summed E-state index contributed by atoms with van der Waals surface area (Å²) in [4.78, 5) is 41.4. The number of para-hydroxylation sites is 1. The van der Waals surface area contributed by atoms with Crippen molar-refractivity contribution in [2.24, 2.45) is 0 Å². The van der Waals surface area contributed by atoms with Gasteiger partial charge in [0.25, 0.3) is 11.8 Å². The van der Waals surface area contributed by atoms with Gasteiger partial charge in [0.05, 0.1) is 17.9 Å². The Bertz CT molecular complexity index is 891. The van der Waals surface area contributed by atoms with Crippen molar-refractivity contribution in [1.82, 2.24) is 10.3 Å². The van der Waals surface area contributed by atoms with Crippen molar-refractivity contribution >= 4 is 23.5 Å². The highest BCUT2D eigenvalue weighted by molar-refractivity contribution is 6.07. The largest absolute Gasteiger partial charge is 0.462 e. The third-order valence-corrected chi connectivity index (χ3v) is 4.83. The van der Waals surface area contributed by atoms with Crippen LogP contribution in [0, 0.1) is 0 Å². The van der Waals surface area contributed by atoms with Gasteiger partial charge in [0, 0.05) is 6.04 Å². The maximum atomic E-state index is 12.7. The van der Waals surface area contributed by atoms with E-state index in [1.165, 1.54) is 12.5 Å². The molecule has 7 heteroatoms. The molecule has 29 heavy (non-hydrogen) atoms. The molecular weight excluding hydrogens is 370 g/mol. The lowest BCUT2D eigenvalue weighted by atomic mass is 9.95. The second-order valence-corrected chi connectivity index (χ2v) is 6.94. The number of ether oxygens (including phenoxy) is 1. The molecule has 152 valence electrons. The summed E-state index contributed by atoms with van der Waals surface area (Å²) in [6.07, 6.45) is 5.36. The summed E-state index contributed by atoms with van der Waals surface area (Å²) < 4.78 is 5.02. The number of esters is 1. The summed E-state index contributed by atoms with van der Waals surface area (Å²) in [5.41, 5.74) is 0.880. The van der Waals surface area contributed by atoms with Crippen molar-refractivity contribution in [3.63, 3.8) is 0 Å². The molecule has 0 saturated heterocycles. The minimum absolute atomic E-state index is 0.0972. The Morgan fingerprint density at radius 1 is 0.966 bits per heavy atom. The first-order valence-corrected chi connectivity index (χ1v) is 9.94. The Morgan fingerprint density at radius 2 is 1.66 bits per heavy atom. The van der Waals surface area contributed by atoms with Crippen LogP contribution in [0.25, 0.3) is 0 Å². The smallest absolute Gasteiger partial charge is 0.340 e. The average molecular weight is 395 g/mol. The first kappa shape index (κ1) is 20.5. The summed E-state index contributed by atoms with van der Waals surface area (Å²) in [6.45, 7) is 1.95. The Morgan fingerprint density at radius 3 is 2.38 bits per heavy atom.